The molecule has 0 saturated heterocycles. The molecule has 0 fully saturated rings. The first-order chi connectivity index (χ1) is 15.2. The molecule has 2 aromatic rings. The summed E-state index contributed by atoms with van der Waals surface area (Å²) in [6.45, 7) is 7.84. The van der Waals surface area contributed by atoms with Crippen molar-refractivity contribution in [1.29, 1.82) is 0 Å². The zero-order valence-corrected chi connectivity index (χ0v) is 19.7. The highest BCUT2D eigenvalue weighted by atomic mass is 35.5. The number of halogens is 2. The summed E-state index contributed by atoms with van der Waals surface area (Å²) in [5.74, 6) is -1.69. The van der Waals surface area contributed by atoms with Crippen molar-refractivity contribution in [2.45, 2.75) is 57.9 Å². The zero-order chi connectivity index (χ0) is 24.7. The molecule has 2 aromatic carbocycles. The second kappa shape index (κ2) is 8.76. The fraction of sp³-hybridized carbons (Fsp3) is 0.375. The molecule has 1 amide bonds. The van der Waals surface area contributed by atoms with Crippen molar-refractivity contribution in [3.63, 3.8) is 0 Å². The van der Waals surface area contributed by atoms with E-state index >= 15 is 0 Å². The van der Waals surface area contributed by atoms with Gasteiger partial charge in [-0.25, -0.2) is 4.39 Å². The van der Waals surface area contributed by atoms with Gasteiger partial charge in [0, 0.05) is 16.7 Å². The Hall–Kier alpha value is -2.97. The maximum Gasteiger partial charge on any atom is 0.326 e. The first-order valence-electron chi connectivity index (χ1n) is 10.3. The summed E-state index contributed by atoms with van der Waals surface area (Å²) in [5, 5.41) is 2.63. The minimum atomic E-state index is -1.30. The molecule has 0 unspecified atom stereocenters. The first-order valence-corrected chi connectivity index (χ1v) is 10.7. The third-order valence-corrected chi connectivity index (χ3v) is 5.63. The first kappa shape index (κ1) is 24.7. The van der Waals surface area contributed by atoms with Gasteiger partial charge in [-0.2, -0.15) is 0 Å². The van der Waals surface area contributed by atoms with Crippen molar-refractivity contribution in [2.24, 2.45) is 5.73 Å². The van der Waals surface area contributed by atoms with Crippen LogP contribution in [0, 0.1) is 5.82 Å². The number of ether oxygens (including phenoxy) is 2. The molecule has 3 rings (SSSR count). The van der Waals surface area contributed by atoms with E-state index in [2.05, 4.69) is 5.32 Å². The Bertz CT molecular complexity index is 1130. The Kier molecular flexibility index (Phi) is 6.55. The average Bonchev–Trinajstić information content (AvgIpc) is 2.70. The maximum atomic E-state index is 13.6. The van der Waals surface area contributed by atoms with Crippen LogP contribution in [0.15, 0.2) is 36.4 Å². The fourth-order valence-electron chi connectivity index (χ4n) is 3.50. The molecule has 0 aromatic heterocycles. The minimum Gasteiger partial charge on any atom is -0.484 e. The highest BCUT2D eigenvalue weighted by molar-refractivity contribution is 6.31. The summed E-state index contributed by atoms with van der Waals surface area (Å²) in [5.41, 5.74) is 4.51. The van der Waals surface area contributed by atoms with Gasteiger partial charge in [-0.15, -0.1) is 0 Å². The Labute approximate surface area is 196 Å². The highest BCUT2D eigenvalue weighted by Gasteiger charge is 2.48. The number of hydrogen-bond donors (Lipinski definition) is 2. The van der Waals surface area contributed by atoms with Crippen molar-refractivity contribution in [3.05, 3.63) is 63.9 Å². The lowest BCUT2D eigenvalue weighted by Crippen LogP contribution is -2.57. The summed E-state index contributed by atoms with van der Waals surface area (Å²) in [7, 11) is 0. The van der Waals surface area contributed by atoms with Crippen LogP contribution in [0.1, 0.15) is 66.9 Å². The number of amides is 1. The molecule has 3 N–H and O–H groups in total. The average molecular weight is 477 g/mol. The molecule has 2 atom stereocenters. The predicted molar refractivity (Wildman–Crippen MR) is 121 cm³/mol. The second-order valence-corrected chi connectivity index (χ2v) is 9.55. The normalized spacial score (nSPS) is 19.2. The van der Waals surface area contributed by atoms with Crippen molar-refractivity contribution >= 4 is 29.3 Å². The molecule has 1 aliphatic heterocycles. The molecule has 1 aliphatic rings. The Morgan fingerprint density at radius 3 is 2.36 bits per heavy atom. The lowest BCUT2D eigenvalue weighted by atomic mass is 9.85. The van der Waals surface area contributed by atoms with E-state index < -0.39 is 41.0 Å². The molecule has 0 aliphatic carbocycles. The van der Waals surface area contributed by atoms with Crippen LogP contribution < -0.4 is 15.8 Å². The van der Waals surface area contributed by atoms with Gasteiger partial charge in [0.05, 0.1) is 11.1 Å². The van der Waals surface area contributed by atoms with Crippen molar-refractivity contribution in [1.82, 2.24) is 5.32 Å². The van der Waals surface area contributed by atoms with Gasteiger partial charge >= 0.3 is 5.97 Å². The number of carbonyl (C=O) groups excluding carboxylic acids is 3. The van der Waals surface area contributed by atoms with Crippen LogP contribution in [0.25, 0.3) is 0 Å². The standard InChI is InChI=1S/C24H26ClFN2O5/c1-12(29)13-7-9-18-15(10-13)19(28-21(30)14-6-8-17(26)16(25)11-14)20(24(4,5)33-18)32-22(31)23(2,3)27/h6-11,19-20H,27H2,1-5H3,(H,28,30)/t19-,20+/m1/s1. The van der Waals surface area contributed by atoms with Crippen molar-refractivity contribution in [3.8, 4) is 5.75 Å². The van der Waals surface area contributed by atoms with Gasteiger partial charge in [-0.3, -0.25) is 14.4 Å². The molecule has 33 heavy (non-hydrogen) atoms. The molecule has 176 valence electrons. The molecule has 1 heterocycles. The van der Waals surface area contributed by atoms with E-state index in [1.807, 2.05) is 0 Å². The van der Waals surface area contributed by atoms with E-state index in [1.54, 1.807) is 32.0 Å². The van der Waals surface area contributed by atoms with Crippen LogP contribution in [0.3, 0.4) is 0 Å². The summed E-state index contributed by atoms with van der Waals surface area (Å²) >= 11 is 5.83. The lowest BCUT2D eigenvalue weighted by Gasteiger charge is -2.44. The van der Waals surface area contributed by atoms with Crippen LogP contribution in [-0.2, 0) is 9.53 Å². The number of ketones is 1. The monoisotopic (exact) mass is 476 g/mol. The van der Waals surface area contributed by atoms with E-state index in [4.69, 9.17) is 26.8 Å². The number of esters is 1. The molecular weight excluding hydrogens is 451 g/mol. The summed E-state index contributed by atoms with van der Waals surface area (Å²) in [4.78, 5) is 37.7. The molecule has 0 radical (unpaired) electrons. The fourth-order valence-corrected chi connectivity index (χ4v) is 3.68. The number of hydrogen-bond acceptors (Lipinski definition) is 6. The van der Waals surface area contributed by atoms with E-state index in [0.29, 0.717) is 16.9 Å². The van der Waals surface area contributed by atoms with Gasteiger partial charge in [0.25, 0.3) is 5.91 Å². The van der Waals surface area contributed by atoms with Gasteiger partial charge < -0.3 is 20.5 Å². The minimum absolute atomic E-state index is 0.110. The molecule has 0 saturated carbocycles. The number of benzene rings is 2. The Balaban J connectivity index is 2.09. The van der Waals surface area contributed by atoms with Gasteiger partial charge in [-0.1, -0.05) is 11.6 Å². The number of nitrogens with two attached hydrogens (primary N) is 1. The van der Waals surface area contributed by atoms with Crippen LogP contribution in [0.4, 0.5) is 4.39 Å². The SMILES string of the molecule is CC(=O)c1ccc2c(c1)[C@@H](NC(=O)c1ccc(F)c(Cl)c1)[C@H](OC(=O)C(C)(C)N)C(C)(C)O2. The number of Topliss-reactive ketones (excluding diaryl/α,β-unsaturated/α-hetero) is 1. The smallest absolute Gasteiger partial charge is 0.326 e. The van der Waals surface area contributed by atoms with E-state index in [9.17, 15) is 18.8 Å². The number of nitrogens with one attached hydrogen (secondary N) is 1. The van der Waals surface area contributed by atoms with Gasteiger partial charge in [0.2, 0.25) is 0 Å². The second-order valence-electron chi connectivity index (χ2n) is 9.14. The number of rotatable bonds is 5. The topological polar surface area (TPSA) is 108 Å². The molecule has 7 nitrogen and oxygen atoms in total. The van der Waals surface area contributed by atoms with Crippen molar-refractivity contribution in [2.75, 3.05) is 0 Å². The van der Waals surface area contributed by atoms with Crippen LogP contribution in [-0.4, -0.2) is 34.9 Å². The molecular formula is C24H26ClFN2O5. The molecule has 0 bridgehead atoms. The summed E-state index contributed by atoms with van der Waals surface area (Å²) in [6, 6.07) is 7.51. The third-order valence-electron chi connectivity index (χ3n) is 5.34. The summed E-state index contributed by atoms with van der Waals surface area (Å²) < 4.78 is 25.4. The molecule has 9 heteroatoms. The van der Waals surface area contributed by atoms with Gasteiger partial charge in [0.1, 0.15) is 22.7 Å². The summed E-state index contributed by atoms with van der Waals surface area (Å²) in [6.07, 6.45) is -0.998. The van der Waals surface area contributed by atoms with E-state index in [-0.39, 0.29) is 16.4 Å². The van der Waals surface area contributed by atoms with Crippen molar-refractivity contribution < 1.29 is 28.2 Å². The van der Waals surface area contributed by atoms with Gasteiger partial charge in [-0.05, 0) is 71.0 Å². The van der Waals surface area contributed by atoms with E-state index in [0.717, 1.165) is 6.07 Å². The number of carbonyl (C=O) groups is 3. The maximum absolute atomic E-state index is 13.6. The van der Waals surface area contributed by atoms with E-state index in [1.165, 1.54) is 32.9 Å². The predicted octanol–water partition coefficient (Wildman–Crippen LogP) is 3.97. The highest BCUT2D eigenvalue weighted by Crippen LogP contribution is 2.42. The molecule has 0 spiro atoms. The third kappa shape index (κ3) is 5.17. The van der Waals surface area contributed by atoms with Crippen LogP contribution in [0.2, 0.25) is 5.02 Å². The lowest BCUT2D eigenvalue weighted by molar-refractivity contribution is -0.170. The van der Waals surface area contributed by atoms with Gasteiger partial charge in [0.15, 0.2) is 11.9 Å². The zero-order valence-electron chi connectivity index (χ0n) is 19.0. The number of fused-ring (bicyclic) bond motifs is 1. The van der Waals surface area contributed by atoms with Crippen LogP contribution in [0.5, 0.6) is 5.75 Å². The quantitative estimate of drug-likeness (QED) is 0.499. The largest absolute Gasteiger partial charge is 0.484 e. The Morgan fingerprint density at radius 2 is 1.79 bits per heavy atom. The van der Waals surface area contributed by atoms with Crippen LogP contribution >= 0.6 is 11.6 Å². The Morgan fingerprint density at radius 1 is 1.15 bits per heavy atom.